The average Bonchev–Trinajstić information content (AvgIpc) is 3.22. The van der Waals surface area contributed by atoms with Crippen LogP contribution in [0.15, 0.2) is 24.5 Å². The SMILES string of the molecule is Cc1n[nH]c2ccc(Nc3ncnc4sc5c(c34)CCC(C(=O)O)C5)cc12. The summed E-state index contributed by atoms with van der Waals surface area (Å²) in [6.07, 6.45) is 3.53. The molecule has 0 saturated carbocycles. The second kappa shape index (κ2) is 6.02. The van der Waals surface area contributed by atoms with Crippen LogP contribution in [0.3, 0.4) is 0 Å². The molecule has 7 nitrogen and oxygen atoms in total. The van der Waals surface area contributed by atoms with E-state index in [9.17, 15) is 9.90 Å². The van der Waals surface area contributed by atoms with E-state index in [1.807, 2.05) is 19.1 Å². The number of thiophene rings is 1. The van der Waals surface area contributed by atoms with Crippen molar-refractivity contribution in [2.45, 2.75) is 26.2 Å². The molecule has 0 fully saturated rings. The Bertz CT molecular complexity index is 1200. The molecule has 4 aromatic rings. The molecule has 1 aromatic carbocycles. The Kier molecular flexibility index (Phi) is 3.61. The maximum Gasteiger partial charge on any atom is 0.306 e. The molecule has 0 spiro atoms. The van der Waals surface area contributed by atoms with Crippen molar-refractivity contribution in [2.24, 2.45) is 5.92 Å². The maximum absolute atomic E-state index is 11.4. The first-order chi connectivity index (χ1) is 13.1. The van der Waals surface area contributed by atoms with Gasteiger partial charge in [-0.3, -0.25) is 9.89 Å². The van der Waals surface area contributed by atoms with Crippen LogP contribution in [0, 0.1) is 12.8 Å². The first kappa shape index (κ1) is 16.2. The summed E-state index contributed by atoms with van der Waals surface area (Å²) >= 11 is 1.58. The van der Waals surface area contributed by atoms with Crippen LogP contribution in [0.2, 0.25) is 0 Å². The number of carboxylic acid groups (broad SMARTS) is 1. The first-order valence-corrected chi connectivity index (χ1v) is 9.61. The monoisotopic (exact) mass is 379 g/mol. The number of nitrogens with one attached hydrogen (secondary N) is 2. The van der Waals surface area contributed by atoms with Gasteiger partial charge in [-0.05, 0) is 49.9 Å². The fourth-order valence-electron chi connectivity index (χ4n) is 3.78. The van der Waals surface area contributed by atoms with Crippen molar-refractivity contribution < 1.29 is 9.90 Å². The molecule has 1 atom stereocenters. The van der Waals surface area contributed by atoms with Gasteiger partial charge in [0.05, 0.1) is 22.5 Å². The minimum absolute atomic E-state index is 0.304. The number of H-pyrrole nitrogens is 1. The lowest BCUT2D eigenvalue weighted by Crippen LogP contribution is -2.21. The van der Waals surface area contributed by atoms with Crippen molar-refractivity contribution >= 4 is 49.9 Å². The molecule has 27 heavy (non-hydrogen) atoms. The standard InChI is InChI=1S/C19H17N5O2S/c1-9-13-7-11(3-5-14(13)24-23-9)22-17-16-12-4-2-10(19(25)26)6-15(12)27-18(16)21-8-20-17/h3,5,7-8,10H,2,4,6H2,1H3,(H,23,24)(H,25,26)(H,20,21,22). The highest BCUT2D eigenvalue weighted by molar-refractivity contribution is 7.19. The lowest BCUT2D eigenvalue weighted by atomic mass is 9.88. The molecule has 0 amide bonds. The number of fused-ring (bicyclic) bond motifs is 4. The van der Waals surface area contributed by atoms with E-state index >= 15 is 0 Å². The summed E-state index contributed by atoms with van der Waals surface area (Å²) in [6, 6.07) is 6.05. The number of aromatic amines is 1. The second-order valence-electron chi connectivity index (χ2n) is 6.88. The third kappa shape index (κ3) is 2.64. The van der Waals surface area contributed by atoms with Crippen molar-refractivity contribution in [1.29, 1.82) is 0 Å². The number of aryl methyl sites for hydroxylation is 2. The summed E-state index contributed by atoms with van der Waals surface area (Å²) in [5, 5.41) is 22.1. The zero-order valence-electron chi connectivity index (χ0n) is 14.6. The molecule has 1 aliphatic carbocycles. The molecule has 1 aliphatic rings. The van der Waals surface area contributed by atoms with Gasteiger partial charge in [0, 0.05) is 16.0 Å². The van der Waals surface area contributed by atoms with Crippen molar-refractivity contribution in [3.05, 3.63) is 40.7 Å². The van der Waals surface area contributed by atoms with E-state index in [2.05, 4.69) is 31.5 Å². The Morgan fingerprint density at radius 1 is 1.37 bits per heavy atom. The number of hydrogen-bond donors (Lipinski definition) is 3. The van der Waals surface area contributed by atoms with Crippen molar-refractivity contribution in [1.82, 2.24) is 20.2 Å². The number of benzene rings is 1. The topological polar surface area (TPSA) is 104 Å². The fraction of sp³-hybridized carbons (Fsp3) is 0.263. The van der Waals surface area contributed by atoms with Gasteiger partial charge in [-0.1, -0.05) is 0 Å². The third-order valence-electron chi connectivity index (χ3n) is 5.21. The number of aliphatic carboxylic acids is 1. The zero-order valence-corrected chi connectivity index (χ0v) is 15.4. The summed E-state index contributed by atoms with van der Waals surface area (Å²) in [5.74, 6) is -0.250. The molecule has 8 heteroatoms. The second-order valence-corrected chi connectivity index (χ2v) is 7.96. The number of carboxylic acids is 1. The van der Waals surface area contributed by atoms with Crippen LogP contribution >= 0.6 is 11.3 Å². The molecule has 3 aromatic heterocycles. The molecule has 0 aliphatic heterocycles. The van der Waals surface area contributed by atoms with Crippen LogP contribution in [0.1, 0.15) is 22.6 Å². The normalized spacial score (nSPS) is 16.6. The van der Waals surface area contributed by atoms with E-state index < -0.39 is 5.97 Å². The highest BCUT2D eigenvalue weighted by atomic mass is 32.1. The highest BCUT2D eigenvalue weighted by Crippen LogP contribution is 2.40. The number of aromatic nitrogens is 4. The van der Waals surface area contributed by atoms with Gasteiger partial charge in [0.1, 0.15) is 17.0 Å². The molecule has 0 saturated heterocycles. The van der Waals surface area contributed by atoms with Gasteiger partial charge in [0.15, 0.2) is 0 Å². The lowest BCUT2D eigenvalue weighted by molar-refractivity contribution is -0.142. The average molecular weight is 379 g/mol. The number of nitrogens with zero attached hydrogens (tertiary/aromatic N) is 3. The van der Waals surface area contributed by atoms with Gasteiger partial charge < -0.3 is 10.4 Å². The van der Waals surface area contributed by atoms with E-state index in [-0.39, 0.29) is 5.92 Å². The fourth-order valence-corrected chi connectivity index (χ4v) is 5.04. The van der Waals surface area contributed by atoms with Crippen LogP contribution < -0.4 is 5.32 Å². The van der Waals surface area contributed by atoms with Gasteiger partial charge in [-0.25, -0.2) is 9.97 Å². The minimum atomic E-state index is -0.716. The maximum atomic E-state index is 11.4. The Hall–Kier alpha value is -3.00. The van der Waals surface area contributed by atoms with Crippen molar-refractivity contribution in [3.63, 3.8) is 0 Å². The van der Waals surface area contributed by atoms with E-state index in [1.165, 1.54) is 5.56 Å². The summed E-state index contributed by atoms with van der Waals surface area (Å²) in [4.78, 5) is 22.3. The largest absolute Gasteiger partial charge is 0.481 e. The summed E-state index contributed by atoms with van der Waals surface area (Å²) < 4.78 is 0. The number of carbonyl (C=O) groups is 1. The molecular formula is C19H17N5O2S. The van der Waals surface area contributed by atoms with E-state index in [0.29, 0.717) is 12.8 Å². The summed E-state index contributed by atoms with van der Waals surface area (Å²) in [5.41, 5.74) is 4.08. The summed E-state index contributed by atoms with van der Waals surface area (Å²) in [7, 11) is 0. The molecule has 5 rings (SSSR count). The van der Waals surface area contributed by atoms with E-state index in [4.69, 9.17) is 0 Å². The third-order valence-corrected chi connectivity index (χ3v) is 6.37. The van der Waals surface area contributed by atoms with Gasteiger partial charge in [-0.15, -0.1) is 11.3 Å². The number of hydrogen-bond acceptors (Lipinski definition) is 6. The smallest absolute Gasteiger partial charge is 0.306 e. The molecule has 0 radical (unpaired) electrons. The van der Waals surface area contributed by atoms with Crippen LogP contribution in [0.5, 0.6) is 0 Å². The zero-order chi connectivity index (χ0) is 18.5. The van der Waals surface area contributed by atoms with E-state index in [1.54, 1.807) is 17.7 Å². The minimum Gasteiger partial charge on any atom is -0.481 e. The van der Waals surface area contributed by atoms with Crippen LogP contribution in [-0.4, -0.2) is 31.2 Å². The number of anilines is 2. The predicted octanol–water partition coefficient (Wildman–Crippen LogP) is 3.81. The molecule has 1 unspecified atom stereocenters. The predicted molar refractivity (Wildman–Crippen MR) is 105 cm³/mol. The molecule has 3 N–H and O–H groups in total. The van der Waals surface area contributed by atoms with Gasteiger partial charge in [0.25, 0.3) is 0 Å². The Labute approximate surface area is 158 Å². The molecular weight excluding hydrogens is 362 g/mol. The van der Waals surface area contributed by atoms with Crippen molar-refractivity contribution in [2.75, 3.05) is 5.32 Å². The van der Waals surface area contributed by atoms with E-state index in [0.717, 1.165) is 49.6 Å². The summed E-state index contributed by atoms with van der Waals surface area (Å²) in [6.45, 7) is 1.97. The Morgan fingerprint density at radius 3 is 3.11 bits per heavy atom. The van der Waals surface area contributed by atoms with Crippen LogP contribution in [0.25, 0.3) is 21.1 Å². The van der Waals surface area contributed by atoms with Gasteiger partial charge >= 0.3 is 5.97 Å². The first-order valence-electron chi connectivity index (χ1n) is 8.80. The number of rotatable bonds is 3. The highest BCUT2D eigenvalue weighted by Gasteiger charge is 2.28. The molecule has 136 valence electrons. The molecule has 3 heterocycles. The van der Waals surface area contributed by atoms with Gasteiger partial charge in [0.2, 0.25) is 0 Å². The Balaban J connectivity index is 1.57. The van der Waals surface area contributed by atoms with Gasteiger partial charge in [-0.2, -0.15) is 5.10 Å². The molecule has 0 bridgehead atoms. The van der Waals surface area contributed by atoms with Crippen LogP contribution in [-0.2, 0) is 17.6 Å². The quantitative estimate of drug-likeness (QED) is 0.500. The van der Waals surface area contributed by atoms with Crippen LogP contribution in [0.4, 0.5) is 11.5 Å². The lowest BCUT2D eigenvalue weighted by Gasteiger charge is -2.18. The van der Waals surface area contributed by atoms with Crippen molar-refractivity contribution in [3.8, 4) is 0 Å². The Morgan fingerprint density at radius 2 is 2.26 bits per heavy atom.